The van der Waals surface area contributed by atoms with Gasteiger partial charge in [0.05, 0.1) is 5.92 Å². The van der Waals surface area contributed by atoms with Crippen molar-refractivity contribution in [1.82, 2.24) is 4.90 Å². The van der Waals surface area contributed by atoms with Gasteiger partial charge in [-0.3, -0.25) is 4.79 Å². The Morgan fingerprint density at radius 2 is 1.70 bits per heavy atom. The molecule has 1 aromatic carbocycles. The molecule has 6 heteroatoms. The maximum absolute atomic E-state index is 12.7. The van der Waals surface area contributed by atoms with E-state index in [4.69, 9.17) is 4.74 Å². The van der Waals surface area contributed by atoms with Gasteiger partial charge in [0.15, 0.2) is 0 Å². The van der Waals surface area contributed by atoms with Gasteiger partial charge in [-0.1, -0.05) is 0 Å². The van der Waals surface area contributed by atoms with Gasteiger partial charge >= 0.3 is 6.09 Å². The molecule has 1 unspecified atom stereocenters. The number of hydrogen-bond donors (Lipinski definition) is 1. The molecule has 1 aromatic rings. The van der Waals surface area contributed by atoms with Crippen molar-refractivity contribution in [3.8, 4) is 0 Å². The molecule has 0 bridgehead atoms. The third-order valence-electron chi connectivity index (χ3n) is 5.05. The molecule has 0 aromatic heterocycles. The van der Waals surface area contributed by atoms with Gasteiger partial charge in [0, 0.05) is 37.6 Å². The summed E-state index contributed by atoms with van der Waals surface area (Å²) in [5, 5.41) is 3.00. The summed E-state index contributed by atoms with van der Waals surface area (Å²) in [6.45, 7) is 8.82. The summed E-state index contributed by atoms with van der Waals surface area (Å²) < 4.78 is 5.44. The predicted molar refractivity (Wildman–Crippen MR) is 107 cm³/mol. The highest BCUT2D eigenvalue weighted by Gasteiger charge is 2.31. The zero-order valence-corrected chi connectivity index (χ0v) is 16.7. The number of rotatable bonds is 3. The molecule has 2 aliphatic heterocycles. The smallest absolute Gasteiger partial charge is 0.410 e. The van der Waals surface area contributed by atoms with Crippen molar-refractivity contribution in [2.75, 3.05) is 36.4 Å². The first-order valence-corrected chi connectivity index (χ1v) is 9.96. The second-order valence-corrected chi connectivity index (χ2v) is 8.50. The van der Waals surface area contributed by atoms with Crippen LogP contribution in [-0.4, -0.2) is 48.7 Å². The van der Waals surface area contributed by atoms with Crippen molar-refractivity contribution < 1.29 is 14.3 Å². The monoisotopic (exact) mass is 373 g/mol. The molecular formula is C21H31N3O3. The molecule has 2 aliphatic rings. The number of carbonyl (C=O) groups excluding carboxylic acids is 2. The van der Waals surface area contributed by atoms with E-state index in [9.17, 15) is 9.59 Å². The van der Waals surface area contributed by atoms with E-state index in [1.807, 2.05) is 32.9 Å². The van der Waals surface area contributed by atoms with Crippen molar-refractivity contribution in [3.63, 3.8) is 0 Å². The predicted octanol–water partition coefficient (Wildman–Crippen LogP) is 3.87. The van der Waals surface area contributed by atoms with Gasteiger partial charge in [0.2, 0.25) is 5.91 Å². The Labute approximate surface area is 161 Å². The largest absolute Gasteiger partial charge is 0.444 e. The lowest BCUT2D eigenvalue weighted by Crippen LogP contribution is -2.45. The minimum atomic E-state index is -0.524. The summed E-state index contributed by atoms with van der Waals surface area (Å²) in [5.41, 5.74) is 1.49. The number of benzene rings is 1. The first-order chi connectivity index (χ1) is 12.8. The Balaban J connectivity index is 1.54. The molecule has 2 amide bonds. The van der Waals surface area contributed by atoms with Crippen molar-refractivity contribution >= 4 is 23.4 Å². The highest BCUT2D eigenvalue weighted by molar-refractivity contribution is 5.93. The number of hydrogen-bond acceptors (Lipinski definition) is 4. The van der Waals surface area contributed by atoms with Crippen LogP contribution in [0.2, 0.25) is 0 Å². The zero-order valence-electron chi connectivity index (χ0n) is 16.7. The number of nitrogens with zero attached hydrogens (tertiary/aromatic N) is 2. The maximum atomic E-state index is 12.7. The number of nitrogens with one attached hydrogen (secondary N) is 1. The summed E-state index contributed by atoms with van der Waals surface area (Å²) in [6.07, 6.45) is 3.75. The second-order valence-electron chi connectivity index (χ2n) is 8.50. The fourth-order valence-electron chi connectivity index (χ4n) is 3.66. The van der Waals surface area contributed by atoms with E-state index in [1.165, 1.54) is 18.5 Å². The Morgan fingerprint density at radius 1 is 1.04 bits per heavy atom. The van der Waals surface area contributed by atoms with Gasteiger partial charge < -0.3 is 19.9 Å². The summed E-state index contributed by atoms with van der Waals surface area (Å²) >= 11 is 0. The molecule has 0 radical (unpaired) electrons. The molecule has 2 saturated heterocycles. The summed E-state index contributed by atoms with van der Waals surface area (Å²) in [5.74, 6) is -0.235. The summed E-state index contributed by atoms with van der Waals surface area (Å²) in [7, 11) is 0. The van der Waals surface area contributed by atoms with Crippen LogP contribution in [0.4, 0.5) is 16.2 Å². The van der Waals surface area contributed by atoms with Crippen LogP contribution in [0.1, 0.15) is 46.5 Å². The van der Waals surface area contributed by atoms with Gasteiger partial charge in [-0.05, 0) is 70.7 Å². The average molecular weight is 373 g/mol. The van der Waals surface area contributed by atoms with Crippen LogP contribution in [-0.2, 0) is 9.53 Å². The van der Waals surface area contributed by atoms with Crippen molar-refractivity contribution in [3.05, 3.63) is 24.3 Å². The fraction of sp³-hybridized carbons (Fsp3) is 0.619. The summed E-state index contributed by atoms with van der Waals surface area (Å²) in [6, 6.07) is 8.05. The molecule has 27 heavy (non-hydrogen) atoms. The second kappa shape index (κ2) is 8.19. The zero-order chi connectivity index (χ0) is 19.4. The molecule has 3 rings (SSSR count). The van der Waals surface area contributed by atoms with Crippen LogP contribution in [0.3, 0.4) is 0 Å². The SMILES string of the molecule is CC(C)(C)OC(=O)N1CCCC(C(=O)Nc2ccc(N3CCCC3)cc2)C1. The lowest BCUT2D eigenvalue weighted by molar-refractivity contribution is -0.121. The molecule has 2 fully saturated rings. The van der Waals surface area contributed by atoms with E-state index in [0.29, 0.717) is 13.1 Å². The Hall–Kier alpha value is -2.24. The van der Waals surface area contributed by atoms with Crippen LogP contribution in [0.15, 0.2) is 24.3 Å². The van der Waals surface area contributed by atoms with Gasteiger partial charge in [0.25, 0.3) is 0 Å². The van der Waals surface area contributed by atoms with E-state index in [-0.39, 0.29) is 17.9 Å². The average Bonchev–Trinajstić information content (AvgIpc) is 3.16. The molecule has 0 saturated carbocycles. The fourth-order valence-corrected chi connectivity index (χ4v) is 3.66. The molecular weight excluding hydrogens is 342 g/mol. The van der Waals surface area contributed by atoms with Crippen LogP contribution >= 0.6 is 0 Å². The minimum Gasteiger partial charge on any atom is -0.444 e. The van der Waals surface area contributed by atoms with E-state index in [2.05, 4.69) is 22.3 Å². The van der Waals surface area contributed by atoms with Crippen molar-refractivity contribution in [1.29, 1.82) is 0 Å². The van der Waals surface area contributed by atoms with Crippen LogP contribution in [0.25, 0.3) is 0 Å². The summed E-state index contributed by atoms with van der Waals surface area (Å²) in [4.78, 5) is 28.9. The minimum absolute atomic E-state index is 0.0304. The Bertz CT molecular complexity index is 660. The molecule has 0 spiro atoms. The number of amides is 2. The maximum Gasteiger partial charge on any atom is 0.410 e. The lowest BCUT2D eigenvalue weighted by Gasteiger charge is -2.33. The third kappa shape index (κ3) is 5.37. The number of piperidine rings is 1. The van der Waals surface area contributed by atoms with Crippen LogP contribution < -0.4 is 10.2 Å². The number of likely N-dealkylation sites (tertiary alicyclic amines) is 1. The molecule has 6 nitrogen and oxygen atoms in total. The highest BCUT2D eigenvalue weighted by Crippen LogP contribution is 2.24. The lowest BCUT2D eigenvalue weighted by atomic mass is 9.97. The van der Waals surface area contributed by atoms with Crippen LogP contribution in [0.5, 0.6) is 0 Å². The molecule has 148 valence electrons. The molecule has 0 aliphatic carbocycles. The quantitative estimate of drug-likeness (QED) is 0.874. The normalized spacial score (nSPS) is 20.5. The van der Waals surface area contributed by atoms with E-state index < -0.39 is 5.60 Å². The van der Waals surface area contributed by atoms with Gasteiger partial charge in [-0.25, -0.2) is 4.79 Å². The Morgan fingerprint density at radius 3 is 2.33 bits per heavy atom. The Kier molecular flexibility index (Phi) is 5.92. The van der Waals surface area contributed by atoms with Crippen molar-refractivity contribution in [2.24, 2.45) is 5.92 Å². The number of carbonyl (C=O) groups is 2. The van der Waals surface area contributed by atoms with Crippen LogP contribution in [0, 0.1) is 5.92 Å². The molecule has 1 atom stereocenters. The number of anilines is 2. The van der Waals surface area contributed by atoms with E-state index in [0.717, 1.165) is 31.6 Å². The number of ether oxygens (including phenoxy) is 1. The highest BCUT2D eigenvalue weighted by atomic mass is 16.6. The molecule has 2 heterocycles. The van der Waals surface area contributed by atoms with Crippen molar-refractivity contribution in [2.45, 2.75) is 52.1 Å². The standard InChI is InChI=1S/C21H31N3O3/c1-21(2,3)27-20(26)24-14-6-7-16(15-24)19(25)22-17-8-10-18(11-9-17)23-12-4-5-13-23/h8-11,16H,4-7,12-15H2,1-3H3,(H,22,25). The molecule has 1 N–H and O–H groups in total. The first kappa shape index (κ1) is 19.5. The topological polar surface area (TPSA) is 61.9 Å². The van der Waals surface area contributed by atoms with E-state index >= 15 is 0 Å². The first-order valence-electron chi connectivity index (χ1n) is 9.96. The van der Waals surface area contributed by atoms with Gasteiger partial charge in [-0.15, -0.1) is 0 Å². The van der Waals surface area contributed by atoms with Gasteiger partial charge in [-0.2, -0.15) is 0 Å². The van der Waals surface area contributed by atoms with Gasteiger partial charge in [0.1, 0.15) is 5.60 Å². The third-order valence-corrected chi connectivity index (χ3v) is 5.05. The van der Waals surface area contributed by atoms with E-state index in [1.54, 1.807) is 4.90 Å².